The summed E-state index contributed by atoms with van der Waals surface area (Å²) in [7, 11) is 5.62. The van der Waals surface area contributed by atoms with E-state index in [-0.39, 0.29) is 5.91 Å². The summed E-state index contributed by atoms with van der Waals surface area (Å²) in [4.78, 5) is 20.6. The summed E-state index contributed by atoms with van der Waals surface area (Å²) in [5.74, 6) is 1.54. The van der Waals surface area contributed by atoms with Crippen LogP contribution in [0.5, 0.6) is 0 Å². The summed E-state index contributed by atoms with van der Waals surface area (Å²) in [5.41, 5.74) is 1.85. The second-order valence-corrected chi connectivity index (χ2v) is 7.00. The van der Waals surface area contributed by atoms with Crippen LogP contribution in [0.4, 0.5) is 0 Å². The minimum atomic E-state index is 0.0298. The molecule has 1 saturated heterocycles. The molecule has 1 N–H and O–H groups in total. The third-order valence-electron chi connectivity index (χ3n) is 4.49. The van der Waals surface area contributed by atoms with Gasteiger partial charge in [0, 0.05) is 58.9 Å². The van der Waals surface area contributed by atoms with Crippen molar-refractivity contribution in [2.45, 2.75) is 19.8 Å². The van der Waals surface area contributed by atoms with E-state index in [1.165, 1.54) is 0 Å². The minimum absolute atomic E-state index is 0.0298. The molecule has 0 aliphatic carbocycles. The Bertz CT molecular complexity index is 610. The molecule has 26 heavy (non-hydrogen) atoms. The number of rotatable bonds is 7. The summed E-state index contributed by atoms with van der Waals surface area (Å²) in [6, 6.07) is 7.81. The molecule has 1 heterocycles. The van der Waals surface area contributed by atoms with Gasteiger partial charge in [-0.25, -0.2) is 0 Å². The molecule has 1 aromatic carbocycles. The Kier molecular flexibility index (Phi) is 7.91. The number of nitrogens with zero attached hydrogens (tertiary/aromatic N) is 3. The van der Waals surface area contributed by atoms with Crippen LogP contribution in [-0.4, -0.2) is 75.7 Å². The van der Waals surface area contributed by atoms with Crippen molar-refractivity contribution < 1.29 is 9.53 Å². The smallest absolute Gasteiger partial charge is 0.253 e. The molecule has 1 atom stereocenters. The van der Waals surface area contributed by atoms with E-state index in [4.69, 9.17) is 9.73 Å². The molecule has 1 amide bonds. The zero-order valence-corrected chi connectivity index (χ0v) is 16.5. The predicted octanol–water partition coefficient (Wildman–Crippen LogP) is 1.86. The molecule has 0 radical (unpaired) electrons. The zero-order valence-electron chi connectivity index (χ0n) is 16.5. The third kappa shape index (κ3) is 6.02. The maximum Gasteiger partial charge on any atom is 0.253 e. The molecule has 1 aliphatic heterocycles. The van der Waals surface area contributed by atoms with E-state index in [1.807, 2.05) is 18.2 Å². The number of benzene rings is 1. The van der Waals surface area contributed by atoms with Crippen molar-refractivity contribution in [1.82, 2.24) is 15.1 Å². The van der Waals surface area contributed by atoms with Crippen molar-refractivity contribution in [3.63, 3.8) is 0 Å². The molecule has 1 aliphatic rings. The van der Waals surface area contributed by atoms with Crippen LogP contribution in [-0.2, 0) is 11.2 Å². The first-order valence-electron chi connectivity index (χ1n) is 9.39. The lowest BCUT2D eigenvalue weighted by molar-refractivity contribution is 0.0827. The highest BCUT2D eigenvalue weighted by Crippen LogP contribution is 2.13. The van der Waals surface area contributed by atoms with Crippen LogP contribution in [0.15, 0.2) is 29.3 Å². The van der Waals surface area contributed by atoms with Gasteiger partial charge in [-0.2, -0.15) is 0 Å². The quantitative estimate of drug-likeness (QED) is 0.596. The lowest BCUT2D eigenvalue weighted by atomic mass is 10.1. The van der Waals surface area contributed by atoms with Gasteiger partial charge in [0.15, 0.2) is 5.96 Å². The van der Waals surface area contributed by atoms with E-state index in [0.717, 1.165) is 56.2 Å². The van der Waals surface area contributed by atoms with Gasteiger partial charge in [-0.15, -0.1) is 0 Å². The average Bonchev–Trinajstić information content (AvgIpc) is 3.13. The van der Waals surface area contributed by atoms with Gasteiger partial charge in [0.2, 0.25) is 0 Å². The zero-order chi connectivity index (χ0) is 18.9. The first-order valence-corrected chi connectivity index (χ1v) is 9.39. The number of carbonyl (C=O) groups excluding carboxylic acids is 1. The van der Waals surface area contributed by atoms with Crippen LogP contribution in [0.3, 0.4) is 0 Å². The Labute approximate surface area is 157 Å². The van der Waals surface area contributed by atoms with Crippen molar-refractivity contribution >= 4 is 11.9 Å². The summed E-state index contributed by atoms with van der Waals surface area (Å²) in [6.45, 7) is 6.28. The second-order valence-electron chi connectivity index (χ2n) is 7.00. The number of hydrogen-bond donors (Lipinski definition) is 1. The highest BCUT2D eigenvalue weighted by Gasteiger charge is 2.19. The molecular formula is C20H32N4O2. The van der Waals surface area contributed by atoms with Gasteiger partial charge in [-0.3, -0.25) is 9.79 Å². The van der Waals surface area contributed by atoms with Gasteiger partial charge >= 0.3 is 0 Å². The fourth-order valence-corrected chi connectivity index (χ4v) is 3.08. The molecule has 6 heteroatoms. The number of aliphatic imine (C=N–C) groups is 1. The van der Waals surface area contributed by atoms with Crippen molar-refractivity contribution in [1.29, 1.82) is 0 Å². The van der Waals surface area contributed by atoms with E-state index >= 15 is 0 Å². The summed E-state index contributed by atoms with van der Waals surface area (Å²) in [5, 5.41) is 3.36. The van der Waals surface area contributed by atoms with Crippen LogP contribution in [0.25, 0.3) is 0 Å². The molecule has 0 spiro atoms. The fraction of sp³-hybridized carbons (Fsp3) is 0.600. The van der Waals surface area contributed by atoms with Crippen molar-refractivity contribution in [3.05, 3.63) is 35.4 Å². The first kappa shape index (κ1) is 20.2. The van der Waals surface area contributed by atoms with Gasteiger partial charge < -0.3 is 19.9 Å². The summed E-state index contributed by atoms with van der Waals surface area (Å²) >= 11 is 0. The molecule has 0 bridgehead atoms. The normalized spacial score (nSPS) is 17.2. The van der Waals surface area contributed by atoms with E-state index in [9.17, 15) is 4.79 Å². The van der Waals surface area contributed by atoms with Crippen LogP contribution in [0, 0.1) is 5.92 Å². The van der Waals surface area contributed by atoms with Gasteiger partial charge in [0.1, 0.15) is 0 Å². The standard InChI is InChI=1S/C20H32N4O2/c1-5-21-20(24(4)14-17-10-12-26-15-17)22-11-9-16-7-6-8-18(13-16)19(25)23(2)3/h6-8,13,17H,5,9-12,14-15H2,1-4H3,(H,21,22). The van der Waals surface area contributed by atoms with Crippen molar-refractivity contribution in [2.24, 2.45) is 10.9 Å². The lowest BCUT2D eigenvalue weighted by Crippen LogP contribution is -2.41. The highest BCUT2D eigenvalue weighted by molar-refractivity contribution is 5.94. The molecular weight excluding hydrogens is 328 g/mol. The third-order valence-corrected chi connectivity index (χ3v) is 4.49. The molecule has 0 aromatic heterocycles. The van der Waals surface area contributed by atoms with E-state index in [0.29, 0.717) is 12.5 Å². The molecule has 1 aromatic rings. The van der Waals surface area contributed by atoms with Crippen LogP contribution >= 0.6 is 0 Å². The molecule has 6 nitrogen and oxygen atoms in total. The monoisotopic (exact) mass is 360 g/mol. The van der Waals surface area contributed by atoms with Gasteiger partial charge in [-0.05, 0) is 37.5 Å². The number of carbonyl (C=O) groups is 1. The number of ether oxygens (including phenoxy) is 1. The summed E-state index contributed by atoms with van der Waals surface area (Å²) < 4.78 is 5.47. The molecule has 0 saturated carbocycles. The number of nitrogens with one attached hydrogen (secondary N) is 1. The van der Waals surface area contributed by atoms with Gasteiger partial charge in [0.05, 0.1) is 6.61 Å². The Morgan fingerprint density at radius 3 is 2.81 bits per heavy atom. The van der Waals surface area contributed by atoms with E-state index in [1.54, 1.807) is 19.0 Å². The van der Waals surface area contributed by atoms with Gasteiger partial charge in [0.25, 0.3) is 5.91 Å². The van der Waals surface area contributed by atoms with Crippen LogP contribution in [0.2, 0.25) is 0 Å². The molecule has 1 unspecified atom stereocenters. The molecule has 2 rings (SSSR count). The lowest BCUT2D eigenvalue weighted by Gasteiger charge is -2.24. The topological polar surface area (TPSA) is 57.2 Å². The Morgan fingerprint density at radius 1 is 1.35 bits per heavy atom. The predicted molar refractivity (Wildman–Crippen MR) is 106 cm³/mol. The number of hydrogen-bond acceptors (Lipinski definition) is 3. The number of amides is 1. The van der Waals surface area contributed by atoms with Gasteiger partial charge in [-0.1, -0.05) is 12.1 Å². The van der Waals surface area contributed by atoms with E-state index in [2.05, 4.69) is 30.3 Å². The number of guanidine groups is 1. The van der Waals surface area contributed by atoms with E-state index < -0.39 is 0 Å². The Hall–Kier alpha value is -2.08. The highest BCUT2D eigenvalue weighted by atomic mass is 16.5. The Morgan fingerprint density at radius 2 is 2.15 bits per heavy atom. The molecule has 1 fully saturated rings. The first-order chi connectivity index (χ1) is 12.5. The maximum absolute atomic E-state index is 12.1. The second kappa shape index (κ2) is 10.2. The minimum Gasteiger partial charge on any atom is -0.381 e. The maximum atomic E-state index is 12.1. The van der Waals surface area contributed by atoms with Crippen LogP contribution in [0.1, 0.15) is 29.3 Å². The van der Waals surface area contributed by atoms with Crippen molar-refractivity contribution in [2.75, 3.05) is 54.0 Å². The fourth-order valence-electron chi connectivity index (χ4n) is 3.08. The van der Waals surface area contributed by atoms with Crippen LogP contribution < -0.4 is 5.32 Å². The average molecular weight is 361 g/mol. The largest absolute Gasteiger partial charge is 0.381 e. The SMILES string of the molecule is CCNC(=NCCc1cccc(C(=O)N(C)C)c1)N(C)CC1CCOC1. The molecule has 144 valence electrons. The Balaban J connectivity index is 1.94. The summed E-state index contributed by atoms with van der Waals surface area (Å²) in [6.07, 6.45) is 1.93. The van der Waals surface area contributed by atoms with Crippen molar-refractivity contribution in [3.8, 4) is 0 Å².